The van der Waals surface area contributed by atoms with Crippen LogP contribution >= 0.6 is 11.6 Å². The van der Waals surface area contributed by atoms with Gasteiger partial charge in [-0.15, -0.1) is 0 Å². The van der Waals surface area contributed by atoms with E-state index >= 15 is 0 Å². The van der Waals surface area contributed by atoms with Crippen molar-refractivity contribution < 1.29 is 0 Å². The van der Waals surface area contributed by atoms with Crippen molar-refractivity contribution in [1.82, 2.24) is 9.97 Å². The number of anilines is 4. The summed E-state index contributed by atoms with van der Waals surface area (Å²) in [7, 11) is 4.00. The van der Waals surface area contributed by atoms with E-state index in [1.807, 2.05) is 32.3 Å². The van der Waals surface area contributed by atoms with Gasteiger partial charge in [-0.25, -0.2) is 4.98 Å². The molecule has 0 aliphatic heterocycles. The second-order valence-electron chi connectivity index (χ2n) is 4.46. The molecule has 0 atom stereocenters. The standard InChI is InChI=1S/C13H16ClN5/c1-8-4-5-9(6-11(8)19(2)3)17-12-10(15)7-16-13(14)18-12/h4-7H,15H2,1-3H3,(H,16,17,18). The maximum absolute atomic E-state index is 5.81. The van der Waals surface area contributed by atoms with Gasteiger partial charge in [0.05, 0.1) is 11.9 Å². The lowest BCUT2D eigenvalue weighted by molar-refractivity contribution is 1.11. The molecular weight excluding hydrogens is 262 g/mol. The highest BCUT2D eigenvalue weighted by Crippen LogP contribution is 2.26. The lowest BCUT2D eigenvalue weighted by Crippen LogP contribution is -2.10. The zero-order valence-corrected chi connectivity index (χ0v) is 11.9. The van der Waals surface area contributed by atoms with Gasteiger partial charge in [-0.1, -0.05) is 6.07 Å². The van der Waals surface area contributed by atoms with Crippen molar-refractivity contribution in [3.63, 3.8) is 0 Å². The molecule has 0 aliphatic carbocycles. The zero-order valence-electron chi connectivity index (χ0n) is 11.1. The molecule has 0 saturated carbocycles. The summed E-state index contributed by atoms with van der Waals surface area (Å²) < 4.78 is 0. The number of nitrogens with zero attached hydrogens (tertiary/aromatic N) is 3. The fourth-order valence-corrected chi connectivity index (χ4v) is 1.91. The highest BCUT2D eigenvalue weighted by molar-refractivity contribution is 6.28. The van der Waals surface area contributed by atoms with Crippen LogP contribution in [0.3, 0.4) is 0 Å². The van der Waals surface area contributed by atoms with Gasteiger partial charge in [-0.2, -0.15) is 4.98 Å². The smallest absolute Gasteiger partial charge is 0.224 e. The molecule has 100 valence electrons. The summed E-state index contributed by atoms with van der Waals surface area (Å²) in [5.41, 5.74) is 9.49. The van der Waals surface area contributed by atoms with Crippen molar-refractivity contribution >= 4 is 34.5 Å². The van der Waals surface area contributed by atoms with Gasteiger partial charge in [0, 0.05) is 25.5 Å². The first-order chi connectivity index (χ1) is 8.97. The molecule has 2 rings (SSSR count). The lowest BCUT2D eigenvalue weighted by Gasteiger charge is -2.17. The Labute approximate surface area is 117 Å². The van der Waals surface area contributed by atoms with E-state index in [1.165, 1.54) is 11.8 Å². The molecular formula is C13H16ClN5. The number of aryl methyl sites for hydroxylation is 1. The summed E-state index contributed by atoms with van der Waals surface area (Å²) >= 11 is 5.76. The van der Waals surface area contributed by atoms with E-state index in [0.717, 1.165) is 11.4 Å². The average Bonchev–Trinajstić information content (AvgIpc) is 2.36. The van der Waals surface area contributed by atoms with E-state index in [1.54, 1.807) is 0 Å². The number of aromatic nitrogens is 2. The van der Waals surface area contributed by atoms with E-state index in [-0.39, 0.29) is 5.28 Å². The van der Waals surface area contributed by atoms with Crippen LogP contribution < -0.4 is 16.0 Å². The second-order valence-corrected chi connectivity index (χ2v) is 4.80. The first-order valence-electron chi connectivity index (χ1n) is 5.80. The minimum Gasteiger partial charge on any atom is -0.394 e. The number of nitrogens with two attached hydrogens (primary N) is 1. The molecule has 0 spiro atoms. The molecule has 1 aromatic carbocycles. The molecule has 0 unspecified atom stereocenters. The summed E-state index contributed by atoms with van der Waals surface area (Å²) in [6.07, 6.45) is 1.48. The van der Waals surface area contributed by atoms with Gasteiger partial charge in [-0.05, 0) is 36.2 Å². The quantitative estimate of drug-likeness (QED) is 0.845. The summed E-state index contributed by atoms with van der Waals surface area (Å²) in [6, 6.07) is 6.04. The van der Waals surface area contributed by atoms with Crippen LogP contribution in [-0.4, -0.2) is 24.1 Å². The predicted molar refractivity (Wildman–Crippen MR) is 80.2 cm³/mol. The predicted octanol–water partition coefficient (Wildman–Crippen LogP) is 2.83. The van der Waals surface area contributed by atoms with Crippen LogP contribution in [0.15, 0.2) is 24.4 Å². The van der Waals surface area contributed by atoms with Crippen molar-refractivity contribution in [3.05, 3.63) is 35.2 Å². The summed E-state index contributed by atoms with van der Waals surface area (Å²) in [5.74, 6) is 0.508. The van der Waals surface area contributed by atoms with Crippen LogP contribution in [-0.2, 0) is 0 Å². The second kappa shape index (κ2) is 5.32. The Morgan fingerprint density at radius 3 is 2.74 bits per heavy atom. The third kappa shape index (κ3) is 3.06. The number of nitrogen functional groups attached to an aromatic ring is 1. The van der Waals surface area contributed by atoms with Crippen LogP contribution in [0.1, 0.15) is 5.56 Å². The van der Waals surface area contributed by atoms with Crippen LogP contribution in [0.5, 0.6) is 0 Å². The number of hydrogen-bond acceptors (Lipinski definition) is 5. The highest BCUT2D eigenvalue weighted by atomic mass is 35.5. The Morgan fingerprint density at radius 2 is 2.05 bits per heavy atom. The topological polar surface area (TPSA) is 67.1 Å². The summed E-state index contributed by atoms with van der Waals surface area (Å²) in [5, 5.41) is 3.31. The highest BCUT2D eigenvalue weighted by Gasteiger charge is 2.06. The fourth-order valence-electron chi connectivity index (χ4n) is 1.78. The van der Waals surface area contributed by atoms with Gasteiger partial charge in [-0.3, -0.25) is 0 Å². The average molecular weight is 278 g/mol. The molecule has 6 heteroatoms. The summed E-state index contributed by atoms with van der Waals surface area (Å²) in [6.45, 7) is 2.06. The third-order valence-electron chi connectivity index (χ3n) is 2.74. The van der Waals surface area contributed by atoms with Crippen molar-refractivity contribution in [3.8, 4) is 0 Å². The monoisotopic (exact) mass is 277 g/mol. The van der Waals surface area contributed by atoms with Gasteiger partial charge in [0.25, 0.3) is 0 Å². The Morgan fingerprint density at radius 1 is 1.32 bits per heavy atom. The molecule has 0 fully saturated rings. The Bertz CT molecular complexity index is 598. The third-order valence-corrected chi connectivity index (χ3v) is 2.92. The molecule has 3 N–H and O–H groups in total. The molecule has 0 aliphatic rings. The number of hydrogen-bond donors (Lipinski definition) is 2. The Hall–Kier alpha value is -2.01. The number of benzene rings is 1. The van der Waals surface area contributed by atoms with Crippen molar-refractivity contribution in [2.24, 2.45) is 0 Å². The van der Waals surface area contributed by atoms with Crippen LogP contribution in [0.4, 0.5) is 22.9 Å². The molecule has 5 nitrogen and oxygen atoms in total. The largest absolute Gasteiger partial charge is 0.394 e. The molecule has 0 bridgehead atoms. The maximum Gasteiger partial charge on any atom is 0.224 e. The molecule has 19 heavy (non-hydrogen) atoms. The molecule has 0 radical (unpaired) electrons. The van der Waals surface area contributed by atoms with Crippen molar-refractivity contribution in [2.45, 2.75) is 6.92 Å². The van der Waals surface area contributed by atoms with E-state index in [0.29, 0.717) is 11.5 Å². The normalized spacial score (nSPS) is 10.3. The lowest BCUT2D eigenvalue weighted by atomic mass is 10.1. The van der Waals surface area contributed by atoms with E-state index in [2.05, 4.69) is 27.1 Å². The number of nitrogens with one attached hydrogen (secondary N) is 1. The van der Waals surface area contributed by atoms with Gasteiger partial charge < -0.3 is 16.0 Å². The van der Waals surface area contributed by atoms with Crippen LogP contribution in [0, 0.1) is 6.92 Å². The molecule has 0 saturated heterocycles. The number of rotatable bonds is 3. The molecule has 0 amide bonds. The minimum absolute atomic E-state index is 0.164. The first-order valence-corrected chi connectivity index (χ1v) is 6.18. The zero-order chi connectivity index (χ0) is 14.0. The SMILES string of the molecule is Cc1ccc(Nc2nc(Cl)ncc2N)cc1N(C)C. The summed E-state index contributed by atoms with van der Waals surface area (Å²) in [4.78, 5) is 9.94. The molecule has 1 aromatic heterocycles. The van der Waals surface area contributed by atoms with Gasteiger partial charge in [0.2, 0.25) is 5.28 Å². The first kappa shape index (κ1) is 13.4. The van der Waals surface area contributed by atoms with Crippen molar-refractivity contribution in [2.75, 3.05) is 30.0 Å². The van der Waals surface area contributed by atoms with E-state index < -0.39 is 0 Å². The van der Waals surface area contributed by atoms with E-state index in [9.17, 15) is 0 Å². The van der Waals surface area contributed by atoms with Gasteiger partial charge in [0.1, 0.15) is 0 Å². The Kier molecular flexibility index (Phi) is 3.76. The van der Waals surface area contributed by atoms with Gasteiger partial charge in [0.15, 0.2) is 5.82 Å². The van der Waals surface area contributed by atoms with Gasteiger partial charge >= 0.3 is 0 Å². The van der Waals surface area contributed by atoms with E-state index in [4.69, 9.17) is 17.3 Å². The maximum atomic E-state index is 5.81. The molecule has 2 aromatic rings. The van der Waals surface area contributed by atoms with Crippen LogP contribution in [0.2, 0.25) is 5.28 Å². The minimum atomic E-state index is 0.164. The van der Waals surface area contributed by atoms with Crippen molar-refractivity contribution in [1.29, 1.82) is 0 Å². The van der Waals surface area contributed by atoms with Crippen LogP contribution in [0.25, 0.3) is 0 Å². The molecule has 1 heterocycles. The Balaban J connectivity index is 2.33. The number of halogens is 1. The fraction of sp³-hybridized carbons (Fsp3) is 0.231.